The molecular formula is C20H25F5NO4+. The minimum absolute atomic E-state index is 0.108. The Morgan fingerprint density at radius 1 is 0.967 bits per heavy atom. The first-order chi connectivity index (χ1) is 13.6. The number of nitrogens with zero attached hydrogens (tertiary/aromatic N) is 1. The van der Waals surface area contributed by atoms with Crippen LogP contribution in [0.1, 0.15) is 33.3 Å². The van der Waals surface area contributed by atoms with Gasteiger partial charge in [-0.15, -0.1) is 0 Å². The Balaban J connectivity index is 3.22. The number of ether oxygens (including phenoxy) is 2. The van der Waals surface area contributed by atoms with E-state index in [-0.39, 0.29) is 18.7 Å². The number of benzene rings is 1. The maximum absolute atomic E-state index is 14.2. The molecule has 0 bridgehead atoms. The third-order valence-electron chi connectivity index (χ3n) is 3.98. The number of carbonyl (C=O) groups excluding carboxylic acids is 2. The van der Waals surface area contributed by atoms with E-state index in [9.17, 15) is 31.5 Å². The van der Waals surface area contributed by atoms with Crippen LogP contribution in [0.2, 0.25) is 0 Å². The van der Waals surface area contributed by atoms with Crippen LogP contribution in [0, 0.1) is 29.1 Å². The highest BCUT2D eigenvalue weighted by Gasteiger charge is 2.35. The van der Waals surface area contributed by atoms with E-state index in [2.05, 4.69) is 6.58 Å². The van der Waals surface area contributed by atoms with Gasteiger partial charge in [-0.1, -0.05) is 6.58 Å². The first kappa shape index (κ1) is 25.5. The van der Waals surface area contributed by atoms with Gasteiger partial charge in [0.15, 0.2) is 29.8 Å². The average molecular weight is 438 g/mol. The Hall–Kier alpha value is -2.49. The summed E-state index contributed by atoms with van der Waals surface area (Å²) in [7, 11) is 1.34. The molecular weight excluding hydrogens is 413 g/mol. The van der Waals surface area contributed by atoms with E-state index in [1.807, 2.05) is 0 Å². The highest BCUT2D eigenvalue weighted by atomic mass is 19.2. The molecule has 0 N–H and O–H groups in total. The predicted molar refractivity (Wildman–Crippen MR) is 97.5 cm³/mol. The van der Waals surface area contributed by atoms with E-state index in [0.717, 1.165) is 0 Å². The minimum atomic E-state index is -2.27. The summed E-state index contributed by atoms with van der Waals surface area (Å²) in [5.41, 5.74) is -1.83. The predicted octanol–water partition coefficient (Wildman–Crippen LogP) is 3.79. The number of carbonyl (C=O) groups is 2. The van der Waals surface area contributed by atoms with Gasteiger partial charge in [-0.2, -0.15) is 0 Å². The van der Waals surface area contributed by atoms with Gasteiger partial charge in [0.1, 0.15) is 25.3 Å². The summed E-state index contributed by atoms with van der Waals surface area (Å²) < 4.78 is 78.4. The topological polar surface area (TPSA) is 52.6 Å². The molecule has 0 aliphatic rings. The molecule has 168 valence electrons. The lowest BCUT2D eigenvalue weighted by molar-refractivity contribution is -0.916. The Morgan fingerprint density at radius 3 is 1.87 bits per heavy atom. The van der Waals surface area contributed by atoms with E-state index in [1.165, 1.54) is 14.0 Å². The first-order valence-corrected chi connectivity index (χ1v) is 8.96. The second-order valence-corrected chi connectivity index (χ2v) is 8.21. The number of quaternary nitrogens is 1. The maximum atomic E-state index is 14.2. The molecule has 0 saturated carbocycles. The largest absolute Gasteiger partial charge is 0.456 e. The van der Waals surface area contributed by atoms with E-state index >= 15 is 0 Å². The van der Waals surface area contributed by atoms with Crippen molar-refractivity contribution in [3.63, 3.8) is 0 Å². The Morgan fingerprint density at radius 2 is 1.43 bits per heavy atom. The molecule has 0 spiro atoms. The van der Waals surface area contributed by atoms with Gasteiger partial charge in [-0.3, -0.25) is 0 Å². The van der Waals surface area contributed by atoms with E-state index in [1.54, 1.807) is 20.8 Å². The summed E-state index contributed by atoms with van der Waals surface area (Å²) in [6.45, 7) is 7.96. The molecule has 10 heteroatoms. The molecule has 0 aliphatic carbocycles. The highest BCUT2D eigenvalue weighted by molar-refractivity contribution is 5.86. The van der Waals surface area contributed by atoms with Gasteiger partial charge in [0.25, 0.3) is 0 Å². The third-order valence-corrected chi connectivity index (χ3v) is 3.98. The quantitative estimate of drug-likeness (QED) is 0.155. The van der Waals surface area contributed by atoms with Gasteiger partial charge >= 0.3 is 11.9 Å². The lowest BCUT2D eigenvalue weighted by Gasteiger charge is -2.34. The molecule has 30 heavy (non-hydrogen) atoms. The van der Waals surface area contributed by atoms with Crippen LogP contribution < -0.4 is 0 Å². The molecule has 1 atom stereocenters. The van der Waals surface area contributed by atoms with Gasteiger partial charge in [-0.25, -0.2) is 31.5 Å². The summed E-state index contributed by atoms with van der Waals surface area (Å²) in [5, 5.41) is 0. The van der Waals surface area contributed by atoms with Crippen LogP contribution in [0.25, 0.3) is 0 Å². The highest BCUT2D eigenvalue weighted by Crippen LogP contribution is 2.26. The zero-order valence-corrected chi connectivity index (χ0v) is 17.5. The number of hydrogen-bond donors (Lipinski definition) is 0. The van der Waals surface area contributed by atoms with E-state index in [4.69, 9.17) is 9.47 Å². The number of likely N-dealkylation sites (N-methyl/N-ethyl adjacent to an activating group) is 1. The fourth-order valence-electron chi connectivity index (χ4n) is 2.55. The summed E-state index contributed by atoms with van der Waals surface area (Å²) in [6.07, 6.45) is 0. The molecule has 0 amide bonds. The first-order valence-electron chi connectivity index (χ1n) is 8.96. The van der Waals surface area contributed by atoms with Crippen LogP contribution in [-0.4, -0.2) is 48.8 Å². The van der Waals surface area contributed by atoms with Crippen molar-refractivity contribution in [2.75, 3.05) is 26.7 Å². The van der Waals surface area contributed by atoms with Crippen LogP contribution >= 0.6 is 0 Å². The second kappa shape index (κ2) is 9.55. The summed E-state index contributed by atoms with van der Waals surface area (Å²) in [6, 6.07) is 0. The van der Waals surface area contributed by atoms with Crippen molar-refractivity contribution in [3.8, 4) is 0 Å². The van der Waals surface area contributed by atoms with Crippen molar-refractivity contribution in [3.05, 3.63) is 46.8 Å². The van der Waals surface area contributed by atoms with Crippen molar-refractivity contribution < 1.29 is 45.5 Å². The molecule has 0 aromatic heterocycles. The minimum Gasteiger partial charge on any atom is -0.456 e. The lowest BCUT2D eigenvalue weighted by Crippen LogP contribution is -2.50. The third kappa shape index (κ3) is 6.79. The smallest absolute Gasteiger partial charge is 0.362 e. The lowest BCUT2D eigenvalue weighted by atomic mass is 10.1. The number of halogens is 5. The maximum Gasteiger partial charge on any atom is 0.362 e. The molecule has 0 aliphatic heterocycles. The van der Waals surface area contributed by atoms with Crippen molar-refractivity contribution in [1.29, 1.82) is 0 Å². The number of rotatable bonds is 8. The monoisotopic (exact) mass is 438 g/mol. The molecule has 0 heterocycles. The Kier molecular flexibility index (Phi) is 8.13. The summed E-state index contributed by atoms with van der Waals surface area (Å²) in [4.78, 5) is 23.8. The molecule has 5 nitrogen and oxygen atoms in total. The summed E-state index contributed by atoms with van der Waals surface area (Å²) in [5.74, 6) is -11.9. The molecule has 1 rings (SSSR count). The van der Waals surface area contributed by atoms with Crippen molar-refractivity contribution >= 4 is 11.9 Å². The normalized spacial score (nSPS) is 13.5. The fraction of sp³-hybridized carbons (Fsp3) is 0.500. The average Bonchev–Trinajstić information content (AvgIpc) is 2.60. The zero-order valence-electron chi connectivity index (χ0n) is 17.5. The molecule has 0 fully saturated rings. The van der Waals surface area contributed by atoms with E-state index < -0.39 is 69.8 Å². The summed E-state index contributed by atoms with van der Waals surface area (Å²) >= 11 is 0. The van der Waals surface area contributed by atoms with Crippen LogP contribution in [0.15, 0.2) is 12.2 Å². The van der Waals surface area contributed by atoms with Crippen molar-refractivity contribution in [2.24, 2.45) is 0 Å². The second-order valence-electron chi connectivity index (χ2n) is 8.21. The molecule has 0 radical (unpaired) electrons. The SMILES string of the molecule is C=C(C)C(=O)OCC[N+](C)(CC(=O)OC(C)(C)C)Cc1c(F)c(F)c(F)c(F)c1F. The van der Waals surface area contributed by atoms with Crippen molar-refractivity contribution in [1.82, 2.24) is 0 Å². The van der Waals surface area contributed by atoms with Gasteiger partial charge in [-0.05, 0) is 27.7 Å². The molecule has 1 aromatic carbocycles. The van der Waals surface area contributed by atoms with Crippen LogP contribution in [0.3, 0.4) is 0 Å². The van der Waals surface area contributed by atoms with Crippen LogP contribution in [-0.2, 0) is 25.6 Å². The molecule has 1 unspecified atom stereocenters. The number of esters is 2. The van der Waals surface area contributed by atoms with Gasteiger partial charge < -0.3 is 14.0 Å². The zero-order chi connectivity index (χ0) is 23.4. The van der Waals surface area contributed by atoms with Crippen LogP contribution in [0.5, 0.6) is 0 Å². The van der Waals surface area contributed by atoms with Gasteiger partial charge in [0, 0.05) is 5.57 Å². The van der Waals surface area contributed by atoms with Gasteiger partial charge in [0.05, 0.1) is 12.6 Å². The standard InChI is InChI=1S/C20H25F5NO4/c1-11(2)19(28)29-8-7-26(6,10-13(27)30-20(3,4)5)9-12-14(21)16(23)18(25)17(24)15(12)22/h1,7-10H2,2-6H3/q+1. The number of hydrogen-bond acceptors (Lipinski definition) is 4. The van der Waals surface area contributed by atoms with E-state index in [0.29, 0.717) is 0 Å². The Labute approximate surface area is 171 Å². The van der Waals surface area contributed by atoms with Crippen LogP contribution in [0.4, 0.5) is 22.0 Å². The van der Waals surface area contributed by atoms with Crippen molar-refractivity contribution in [2.45, 2.75) is 39.8 Å². The van der Waals surface area contributed by atoms with Gasteiger partial charge in [0.2, 0.25) is 5.82 Å². The molecule has 1 aromatic rings. The fourth-order valence-corrected chi connectivity index (χ4v) is 2.55. The molecule has 0 saturated heterocycles. The Bertz CT molecular complexity index is 822.